The highest BCUT2D eigenvalue weighted by Gasteiger charge is 2.29. The second-order valence-corrected chi connectivity index (χ2v) is 7.70. The smallest absolute Gasteiger partial charge is 0.322 e. The third-order valence-corrected chi connectivity index (χ3v) is 5.36. The number of anilines is 1. The van der Waals surface area contributed by atoms with Crippen LogP contribution in [0, 0.1) is 11.7 Å². The molecule has 0 aliphatic rings. The Bertz CT molecular complexity index is 1060. The molecule has 0 fully saturated rings. The summed E-state index contributed by atoms with van der Waals surface area (Å²) >= 11 is 6.09. The van der Waals surface area contributed by atoms with Gasteiger partial charge < -0.3 is 15.0 Å². The minimum absolute atomic E-state index is 0.109. The van der Waals surface area contributed by atoms with Gasteiger partial charge in [0.05, 0.1) is 23.9 Å². The van der Waals surface area contributed by atoms with Crippen LogP contribution in [0.2, 0.25) is 5.02 Å². The maximum Gasteiger partial charge on any atom is 0.322 e. The number of urea groups is 1. The largest absolute Gasteiger partial charge is 0.481 e. The van der Waals surface area contributed by atoms with Crippen molar-refractivity contribution in [3.05, 3.63) is 65.1 Å². The van der Waals surface area contributed by atoms with Gasteiger partial charge in [-0.05, 0) is 42.5 Å². The first kappa shape index (κ1) is 21.8. The number of methoxy groups -OCH3 is 1. The molecule has 0 radical (unpaired) electrons. The minimum Gasteiger partial charge on any atom is -0.481 e. The number of ether oxygens (including phenoxy) is 1. The zero-order chi connectivity index (χ0) is 21.8. The summed E-state index contributed by atoms with van der Waals surface area (Å²) in [5.74, 6) is 0.196. The third-order valence-electron chi connectivity index (χ3n) is 5.04. The van der Waals surface area contributed by atoms with Crippen molar-refractivity contribution in [2.45, 2.75) is 26.8 Å². The second kappa shape index (κ2) is 9.30. The van der Waals surface area contributed by atoms with E-state index in [1.165, 1.54) is 18.2 Å². The zero-order valence-corrected chi connectivity index (χ0v) is 18.2. The summed E-state index contributed by atoms with van der Waals surface area (Å²) in [4.78, 5) is 19.4. The number of hydrogen-bond acceptors (Lipinski definition) is 3. The summed E-state index contributed by atoms with van der Waals surface area (Å²) in [6, 6.07) is 11.2. The first-order chi connectivity index (χ1) is 14.4. The number of halogens is 2. The molecule has 30 heavy (non-hydrogen) atoms. The fraction of sp³-hybridized carbons (Fsp3) is 0.304. The predicted octanol–water partition coefficient (Wildman–Crippen LogP) is 6.29. The summed E-state index contributed by atoms with van der Waals surface area (Å²) in [6.07, 6.45) is 1.77. The molecule has 3 aromatic rings. The molecule has 7 heteroatoms. The van der Waals surface area contributed by atoms with Crippen LogP contribution in [0.3, 0.4) is 0 Å². The van der Waals surface area contributed by atoms with Gasteiger partial charge in [-0.15, -0.1) is 0 Å². The van der Waals surface area contributed by atoms with E-state index in [0.29, 0.717) is 18.1 Å². The standard InChI is InChI=1S/C23H25ClFN3O2/c1-5-28(23(29)27-20-11-10-15(25)12-19(20)24)21(14(2)3)18-13-26-22(30-4)17-9-7-6-8-16(17)18/h6-14,21H,5H2,1-4H3,(H,27,29)/t21-/m0/s1. The quantitative estimate of drug-likeness (QED) is 0.501. The van der Waals surface area contributed by atoms with Crippen LogP contribution in [-0.2, 0) is 0 Å². The van der Waals surface area contributed by atoms with Gasteiger partial charge in [-0.1, -0.05) is 43.6 Å². The van der Waals surface area contributed by atoms with Gasteiger partial charge in [0.2, 0.25) is 5.88 Å². The minimum atomic E-state index is -0.457. The number of aromatic nitrogens is 1. The number of rotatable bonds is 6. The number of hydrogen-bond donors (Lipinski definition) is 1. The van der Waals surface area contributed by atoms with Crippen molar-refractivity contribution < 1.29 is 13.9 Å². The van der Waals surface area contributed by atoms with Crippen molar-refractivity contribution in [1.29, 1.82) is 0 Å². The lowest BCUT2D eigenvalue weighted by atomic mass is 9.92. The maximum absolute atomic E-state index is 13.4. The number of nitrogens with zero attached hydrogens (tertiary/aromatic N) is 2. The molecule has 1 heterocycles. The van der Waals surface area contributed by atoms with Crippen molar-refractivity contribution in [2.75, 3.05) is 19.0 Å². The van der Waals surface area contributed by atoms with Gasteiger partial charge in [0.25, 0.3) is 0 Å². The van der Waals surface area contributed by atoms with E-state index in [9.17, 15) is 9.18 Å². The Labute approximate surface area is 180 Å². The third kappa shape index (κ3) is 4.33. The lowest BCUT2D eigenvalue weighted by Gasteiger charge is -2.34. The topological polar surface area (TPSA) is 54.5 Å². The van der Waals surface area contributed by atoms with E-state index in [2.05, 4.69) is 24.1 Å². The van der Waals surface area contributed by atoms with E-state index in [1.54, 1.807) is 18.2 Å². The van der Waals surface area contributed by atoms with Crippen molar-refractivity contribution in [1.82, 2.24) is 9.88 Å². The SMILES string of the molecule is CCN(C(=O)Nc1ccc(F)cc1Cl)[C@H](c1cnc(OC)c2ccccc12)C(C)C. The van der Waals surface area contributed by atoms with Crippen LogP contribution in [0.1, 0.15) is 32.4 Å². The molecule has 0 unspecified atom stereocenters. The fourth-order valence-corrected chi connectivity index (χ4v) is 3.93. The maximum atomic E-state index is 13.4. The molecule has 1 aromatic heterocycles. The Morgan fingerprint density at radius 1 is 1.23 bits per heavy atom. The second-order valence-electron chi connectivity index (χ2n) is 7.30. The van der Waals surface area contributed by atoms with E-state index in [-0.39, 0.29) is 23.0 Å². The van der Waals surface area contributed by atoms with Gasteiger partial charge in [0.15, 0.2) is 0 Å². The molecule has 0 aliphatic carbocycles. The van der Waals surface area contributed by atoms with Crippen LogP contribution in [0.15, 0.2) is 48.7 Å². The number of pyridine rings is 1. The van der Waals surface area contributed by atoms with E-state index < -0.39 is 5.82 Å². The molecule has 1 N–H and O–H groups in total. The van der Waals surface area contributed by atoms with Crippen LogP contribution >= 0.6 is 11.6 Å². The van der Waals surface area contributed by atoms with E-state index in [1.807, 2.05) is 31.2 Å². The molecule has 5 nitrogen and oxygen atoms in total. The number of nitrogens with one attached hydrogen (secondary N) is 1. The van der Waals surface area contributed by atoms with Gasteiger partial charge in [0.1, 0.15) is 5.82 Å². The zero-order valence-electron chi connectivity index (χ0n) is 17.4. The summed E-state index contributed by atoms with van der Waals surface area (Å²) in [6.45, 7) is 6.50. The highest BCUT2D eigenvalue weighted by atomic mass is 35.5. The lowest BCUT2D eigenvalue weighted by molar-refractivity contribution is 0.172. The molecular weight excluding hydrogens is 405 g/mol. The van der Waals surface area contributed by atoms with E-state index in [0.717, 1.165) is 16.3 Å². The summed E-state index contributed by atoms with van der Waals surface area (Å²) in [7, 11) is 1.59. The summed E-state index contributed by atoms with van der Waals surface area (Å²) < 4.78 is 18.8. The van der Waals surface area contributed by atoms with Gasteiger partial charge in [-0.2, -0.15) is 0 Å². The molecular formula is C23H25ClFN3O2. The molecule has 0 saturated carbocycles. The highest BCUT2D eigenvalue weighted by Crippen LogP contribution is 2.36. The Kier molecular flexibility index (Phi) is 6.77. The van der Waals surface area contributed by atoms with Crippen LogP contribution in [0.25, 0.3) is 10.8 Å². The van der Waals surface area contributed by atoms with Gasteiger partial charge in [-0.3, -0.25) is 0 Å². The lowest BCUT2D eigenvalue weighted by Crippen LogP contribution is -2.40. The van der Waals surface area contributed by atoms with Crippen LogP contribution in [-0.4, -0.2) is 29.6 Å². The highest BCUT2D eigenvalue weighted by molar-refractivity contribution is 6.33. The van der Waals surface area contributed by atoms with Crippen LogP contribution < -0.4 is 10.1 Å². The number of amides is 2. The average molecular weight is 430 g/mol. The molecule has 2 amide bonds. The fourth-order valence-electron chi connectivity index (χ4n) is 3.72. The van der Waals surface area contributed by atoms with Gasteiger partial charge in [-0.25, -0.2) is 14.2 Å². The Balaban J connectivity index is 2.02. The van der Waals surface area contributed by atoms with E-state index in [4.69, 9.17) is 16.3 Å². The Hall–Kier alpha value is -2.86. The van der Waals surface area contributed by atoms with Gasteiger partial charge >= 0.3 is 6.03 Å². The molecule has 3 rings (SSSR count). The first-order valence-corrected chi connectivity index (χ1v) is 10.2. The molecule has 0 spiro atoms. The van der Waals surface area contributed by atoms with Crippen molar-refractivity contribution in [3.8, 4) is 5.88 Å². The summed E-state index contributed by atoms with van der Waals surface area (Å²) in [5, 5.41) is 4.83. The Morgan fingerprint density at radius 3 is 2.53 bits per heavy atom. The first-order valence-electron chi connectivity index (χ1n) is 9.81. The number of carbonyl (C=O) groups excluding carboxylic acids is 1. The van der Waals surface area contributed by atoms with E-state index >= 15 is 0 Å². The van der Waals surface area contributed by atoms with Crippen LogP contribution in [0.4, 0.5) is 14.9 Å². The normalized spacial score (nSPS) is 12.1. The molecule has 0 bridgehead atoms. The molecule has 2 aromatic carbocycles. The average Bonchev–Trinajstić information content (AvgIpc) is 2.73. The monoisotopic (exact) mass is 429 g/mol. The van der Waals surface area contributed by atoms with Gasteiger partial charge in [0, 0.05) is 23.7 Å². The number of fused-ring (bicyclic) bond motifs is 1. The van der Waals surface area contributed by atoms with Crippen molar-refractivity contribution in [3.63, 3.8) is 0 Å². The Morgan fingerprint density at radius 2 is 1.93 bits per heavy atom. The molecule has 1 atom stereocenters. The van der Waals surface area contributed by atoms with Crippen LogP contribution in [0.5, 0.6) is 5.88 Å². The molecule has 0 saturated heterocycles. The predicted molar refractivity (Wildman–Crippen MR) is 119 cm³/mol. The van der Waals surface area contributed by atoms with Crippen molar-refractivity contribution >= 4 is 34.1 Å². The van der Waals surface area contributed by atoms with Crippen molar-refractivity contribution in [2.24, 2.45) is 5.92 Å². The molecule has 158 valence electrons. The summed E-state index contributed by atoms with van der Waals surface area (Å²) in [5.41, 5.74) is 1.30. The number of benzene rings is 2. The number of carbonyl (C=O) groups is 1. The molecule has 0 aliphatic heterocycles.